The second-order valence-electron chi connectivity index (χ2n) is 6.96. The van der Waals surface area contributed by atoms with Gasteiger partial charge in [-0.15, -0.1) is 0 Å². The van der Waals surface area contributed by atoms with Crippen LogP contribution in [-0.2, 0) is 4.79 Å². The molecule has 1 fully saturated rings. The van der Waals surface area contributed by atoms with Gasteiger partial charge in [0.05, 0.1) is 0 Å². The predicted molar refractivity (Wildman–Crippen MR) is 103 cm³/mol. The van der Waals surface area contributed by atoms with Crippen molar-refractivity contribution in [3.8, 4) is 0 Å². The molecule has 7 heteroatoms. The molecule has 0 unspecified atom stereocenters. The van der Waals surface area contributed by atoms with Gasteiger partial charge in [-0.1, -0.05) is 19.9 Å². The molecule has 1 aliphatic heterocycles. The fourth-order valence-corrected chi connectivity index (χ4v) is 3.01. The number of anilines is 3. The molecule has 0 saturated carbocycles. The molecule has 2 aromatic heterocycles. The molecule has 1 amide bonds. The van der Waals surface area contributed by atoms with Crippen LogP contribution in [0.25, 0.3) is 0 Å². The first-order chi connectivity index (χ1) is 12.5. The van der Waals surface area contributed by atoms with E-state index in [-0.39, 0.29) is 5.91 Å². The molecule has 7 nitrogen and oxygen atoms in total. The number of aromatic nitrogens is 3. The van der Waals surface area contributed by atoms with Gasteiger partial charge in [0, 0.05) is 44.9 Å². The molecule has 26 heavy (non-hydrogen) atoms. The molecular formula is C19H26N6O. The van der Waals surface area contributed by atoms with E-state index in [0.717, 1.165) is 43.6 Å². The van der Waals surface area contributed by atoms with E-state index < -0.39 is 0 Å². The minimum Gasteiger partial charge on any atom is -0.353 e. The van der Waals surface area contributed by atoms with Gasteiger partial charge in [-0.3, -0.25) is 4.79 Å². The van der Waals surface area contributed by atoms with Crippen LogP contribution in [0.2, 0.25) is 0 Å². The van der Waals surface area contributed by atoms with E-state index in [0.29, 0.717) is 18.2 Å². The SMILES string of the molecule is Cc1nc(Nc2ccccn2)cc(N2CCN(C(=O)CC(C)C)CC2)n1. The average Bonchev–Trinajstić information content (AvgIpc) is 2.61. The van der Waals surface area contributed by atoms with Gasteiger partial charge in [-0.25, -0.2) is 15.0 Å². The molecule has 138 valence electrons. The lowest BCUT2D eigenvalue weighted by molar-refractivity contribution is -0.132. The lowest BCUT2D eigenvalue weighted by Gasteiger charge is -2.36. The number of nitrogens with zero attached hydrogens (tertiary/aromatic N) is 5. The van der Waals surface area contributed by atoms with Crippen LogP contribution in [0.3, 0.4) is 0 Å². The van der Waals surface area contributed by atoms with Gasteiger partial charge >= 0.3 is 0 Å². The first-order valence-corrected chi connectivity index (χ1v) is 9.08. The zero-order valence-corrected chi connectivity index (χ0v) is 15.6. The molecule has 0 aliphatic carbocycles. The summed E-state index contributed by atoms with van der Waals surface area (Å²) >= 11 is 0. The Bertz CT molecular complexity index is 741. The lowest BCUT2D eigenvalue weighted by atomic mass is 10.1. The number of pyridine rings is 1. The number of amides is 1. The quantitative estimate of drug-likeness (QED) is 0.890. The summed E-state index contributed by atoms with van der Waals surface area (Å²) in [6.45, 7) is 9.07. The van der Waals surface area contributed by atoms with Crippen molar-refractivity contribution in [1.82, 2.24) is 19.9 Å². The van der Waals surface area contributed by atoms with Crippen molar-refractivity contribution in [3.05, 3.63) is 36.3 Å². The maximum absolute atomic E-state index is 12.2. The summed E-state index contributed by atoms with van der Waals surface area (Å²) < 4.78 is 0. The molecule has 0 bridgehead atoms. The van der Waals surface area contributed by atoms with Gasteiger partial charge < -0.3 is 15.1 Å². The predicted octanol–water partition coefficient (Wildman–Crippen LogP) is 2.62. The second-order valence-corrected chi connectivity index (χ2v) is 6.96. The average molecular weight is 354 g/mol. The topological polar surface area (TPSA) is 74.2 Å². The van der Waals surface area contributed by atoms with E-state index >= 15 is 0 Å². The van der Waals surface area contributed by atoms with E-state index in [1.807, 2.05) is 36.1 Å². The van der Waals surface area contributed by atoms with Gasteiger partial charge in [-0.05, 0) is 25.0 Å². The minimum atomic E-state index is 0.246. The molecule has 1 saturated heterocycles. The number of nitrogens with one attached hydrogen (secondary N) is 1. The highest BCUT2D eigenvalue weighted by Gasteiger charge is 2.22. The van der Waals surface area contributed by atoms with Crippen molar-refractivity contribution in [3.63, 3.8) is 0 Å². The van der Waals surface area contributed by atoms with E-state index in [2.05, 4.69) is 39.0 Å². The summed E-state index contributed by atoms with van der Waals surface area (Å²) in [7, 11) is 0. The lowest BCUT2D eigenvalue weighted by Crippen LogP contribution is -2.49. The number of rotatable bonds is 5. The van der Waals surface area contributed by atoms with Gasteiger partial charge in [-0.2, -0.15) is 0 Å². The van der Waals surface area contributed by atoms with Crippen LogP contribution in [0.5, 0.6) is 0 Å². The number of aryl methyl sites for hydroxylation is 1. The maximum atomic E-state index is 12.2. The van der Waals surface area contributed by atoms with Crippen molar-refractivity contribution in [1.29, 1.82) is 0 Å². The van der Waals surface area contributed by atoms with Crippen molar-refractivity contribution in [2.24, 2.45) is 5.92 Å². The Kier molecular flexibility index (Phi) is 5.65. The Morgan fingerprint density at radius 3 is 2.58 bits per heavy atom. The molecule has 3 heterocycles. The Hall–Kier alpha value is -2.70. The number of carbonyl (C=O) groups is 1. The van der Waals surface area contributed by atoms with E-state index in [9.17, 15) is 4.79 Å². The Labute approximate surface area is 154 Å². The first kappa shape index (κ1) is 18.1. The molecule has 3 rings (SSSR count). The highest BCUT2D eigenvalue weighted by atomic mass is 16.2. The number of piperazine rings is 1. The number of carbonyl (C=O) groups excluding carboxylic acids is 1. The monoisotopic (exact) mass is 354 g/mol. The van der Waals surface area contributed by atoms with Crippen molar-refractivity contribution in [2.45, 2.75) is 27.2 Å². The Balaban J connectivity index is 1.66. The van der Waals surface area contributed by atoms with Gasteiger partial charge in [0.2, 0.25) is 5.91 Å². The third-order valence-corrected chi connectivity index (χ3v) is 4.28. The second kappa shape index (κ2) is 8.12. The third kappa shape index (κ3) is 4.68. The van der Waals surface area contributed by atoms with Crippen molar-refractivity contribution >= 4 is 23.4 Å². The molecule has 0 spiro atoms. The summed E-state index contributed by atoms with van der Waals surface area (Å²) in [6.07, 6.45) is 2.36. The smallest absolute Gasteiger partial charge is 0.222 e. The van der Waals surface area contributed by atoms with Gasteiger partial charge in [0.15, 0.2) is 0 Å². The summed E-state index contributed by atoms with van der Waals surface area (Å²) in [6, 6.07) is 7.64. The fraction of sp³-hybridized carbons (Fsp3) is 0.474. The van der Waals surface area contributed by atoms with Crippen LogP contribution in [0.15, 0.2) is 30.5 Å². The van der Waals surface area contributed by atoms with Crippen LogP contribution in [0.4, 0.5) is 17.5 Å². The highest BCUT2D eigenvalue weighted by molar-refractivity contribution is 5.76. The molecule has 2 aromatic rings. The summed E-state index contributed by atoms with van der Waals surface area (Å²) in [5, 5.41) is 3.22. The van der Waals surface area contributed by atoms with Crippen molar-refractivity contribution in [2.75, 3.05) is 36.4 Å². The number of hydrogen-bond acceptors (Lipinski definition) is 6. The minimum absolute atomic E-state index is 0.246. The van der Waals surface area contributed by atoms with E-state index in [1.165, 1.54) is 0 Å². The van der Waals surface area contributed by atoms with Crippen LogP contribution in [0, 0.1) is 12.8 Å². The van der Waals surface area contributed by atoms with E-state index in [1.54, 1.807) is 6.20 Å². The molecule has 0 atom stereocenters. The Morgan fingerprint density at radius 2 is 1.92 bits per heavy atom. The van der Waals surface area contributed by atoms with Crippen LogP contribution in [-0.4, -0.2) is 51.9 Å². The van der Waals surface area contributed by atoms with Crippen LogP contribution >= 0.6 is 0 Å². The molecule has 0 aromatic carbocycles. The maximum Gasteiger partial charge on any atom is 0.222 e. The first-order valence-electron chi connectivity index (χ1n) is 9.08. The highest BCUT2D eigenvalue weighted by Crippen LogP contribution is 2.20. The summed E-state index contributed by atoms with van der Waals surface area (Å²) in [4.78, 5) is 29.7. The van der Waals surface area contributed by atoms with Gasteiger partial charge in [0.25, 0.3) is 0 Å². The zero-order valence-electron chi connectivity index (χ0n) is 15.6. The summed E-state index contributed by atoms with van der Waals surface area (Å²) in [5.41, 5.74) is 0. The zero-order chi connectivity index (χ0) is 18.5. The molecular weight excluding hydrogens is 328 g/mol. The molecule has 1 aliphatic rings. The van der Waals surface area contributed by atoms with Gasteiger partial charge in [0.1, 0.15) is 23.3 Å². The van der Waals surface area contributed by atoms with Crippen LogP contribution < -0.4 is 10.2 Å². The largest absolute Gasteiger partial charge is 0.353 e. The molecule has 0 radical (unpaired) electrons. The van der Waals surface area contributed by atoms with Crippen LogP contribution in [0.1, 0.15) is 26.1 Å². The van der Waals surface area contributed by atoms with E-state index in [4.69, 9.17) is 0 Å². The fourth-order valence-electron chi connectivity index (χ4n) is 3.01. The molecule has 1 N–H and O–H groups in total. The third-order valence-electron chi connectivity index (χ3n) is 4.28. The van der Waals surface area contributed by atoms with Crippen molar-refractivity contribution < 1.29 is 4.79 Å². The standard InChI is InChI=1S/C19H26N6O/c1-14(2)12-19(26)25-10-8-24(9-11-25)18-13-17(21-15(3)22-18)23-16-6-4-5-7-20-16/h4-7,13-14H,8-12H2,1-3H3,(H,20,21,22,23). The summed E-state index contributed by atoms with van der Waals surface area (Å²) in [5.74, 6) is 3.71. The normalized spacial score (nSPS) is 14.6. The number of hydrogen-bond donors (Lipinski definition) is 1. The Morgan fingerprint density at radius 1 is 1.15 bits per heavy atom.